The van der Waals surface area contributed by atoms with Crippen LogP contribution in [0.3, 0.4) is 0 Å². The molecule has 0 fully saturated rings. The molecule has 2 N–H and O–H groups in total. The second-order valence-corrected chi connectivity index (χ2v) is 6.57. The number of hydrogen-bond donors (Lipinski definition) is 2. The van der Waals surface area contributed by atoms with E-state index in [0.717, 1.165) is 35.6 Å². The van der Waals surface area contributed by atoms with Gasteiger partial charge in [0.15, 0.2) is 5.11 Å². The summed E-state index contributed by atoms with van der Waals surface area (Å²) in [5.74, 6) is 0. The Balaban J connectivity index is 2.18. The van der Waals surface area contributed by atoms with E-state index in [-0.39, 0.29) is 0 Å². The molecule has 0 spiro atoms. The first-order valence-electron chi connectivity index (χ1n) is 7.45. The topological polar surface area (TPSA) is 41.9 Å². The number of benzene rings is 1. The molecular weight excluding hydrogens is 351 g/mol. The van der Waals surface area contributed by atoms with Gasteiger partial charge < -0.3 is 10.6 Å². The van der Waals surface area contributed by atoms with Crippen molar-refractivity contribution in [1.29, 1.82) is 0 Å². The minimum absolute atomic E-state index is 0.583. The van der Waals surface area contributed by atoms with Gasteiger partial charge in [-0.2, -0.15) is 5.10 Å². The maximum atomic E-state index is 6.25. The molecule has 23 heavy (non-hydrogen) atoms. The summed E-state index contributed by atoms with van der Waals surface area (Å²) in [5, 5.41) is 12.8. The SMILES string of the molecule is CCCNC(=S)Nc1c(C)nn(Cc2ccc(Cl)cc2Cl)c1C. The monoisotopic (exact) mass is 370 g/mol. The number of nitrogens with zero attached hydrogens (tertiary/aromatic N) is 2. The number of aryl methyl sites for hydroxylation is 1. The minimum Gasteiger partial charge on any atom is -0.362 e. The molecule has 0 aliphatic rings. The lowest BCUT2D eigenvalue weighted by molar-refractivity contribution is 0.659. The van der Waals surface area contributed by atoms with E-state index in [9.17, 15) is 0 Å². The van der Waals surface area contributed by atoms with Gasteiger partial charge in [0.1, 0.15) is 0 Å². The highest BCUT2D eigenvalue weighted by atomic mass is 35.5. The van der Waals surface area contributed by atoms with E-state index in [4.69, 9.17) is 35.4 Å². The van der Waals surface area contributed by atoms with Gasteiger partial charge in [-0.1, -0.05) is 36.2 Å². The first kappa shape index (κ1) is 18.0. The zero-order chi connectivity index (χ0) is 17.0. The zero-order valence-corrected chi connectivity index (χ0v) is 15.7. The molecule has 1 aromatic heterocycles. The molecule has 0 unspecified atom stereocenters. The largest absolute Gasteiger partial charge is 0.362 e. The van der Waals surface area contributed by atoms with Crippen molar-refractivity contribution in [3.05, 3.63) is 45.2 Å². The van der Waals surface area contributed by atoms with Crippen molar-refractivity contribution in [2.24, 2.45) is 0 Å². The van der Waals surface area contributed by atoms with Gasteiger partial charge in [0.05, 0.1) is 23.6 Å². The van der Waals surface area contributed by atoms with Crippen LogP contribution in [0.25, 0.3) is 0 Å². The van der Waals surface area contributed by atoms with Crippen LogP contribution >= 0.6 is 35.4 Å². The Morgan fingerprint density at radius 3 is 2.70 bits per heavy atom. The van der Waals surface area contributed by atoms with Gasteiger partial charge in [0, 0.05) is 16.6 Å². The van der Waals surface area contributed by atoms with Gasteiger partial charge in [-0.25, -0.2) is 0 Å². The van der Waals surface area contributed by atoms with E-state index in [1.54, 1.807) is 6.07 Å². The second-order valence-electron chi connectivity index (χ2n) is 5.32. The average molecular weight is 371 g/mol. The van der Waals surface area contributed by atoms with Gasteiger partial charge in [-0.15, -0.1) is 0 Å². The summed E-state index contributed by atoms with van der Waals surface area (Å²) in [6, 6.07) is 5.49. The molecule has 0 radical (unpaired) electrons. The van der Waals surface area contributed by atoms with Crippen LogP contribution in [0.2, 0.25) is 10.0 Å². The maximum Gasteiger partial charge on any atom is 0.170 e. The fourth-order valence-electron chi connectivity index (χ4n) is 2.24. The molecule has 0 saturated carbocycles. The Labute approximate surface area is 152 Å². The van der Waals surface area contributed by atoms with Crippen molar-refractivity contribution < 1.29 is 0 Å². The number of aromatic nitrogens is 2. The first-order chi connectivity index (χ1) is 10.9. The van der Waals surface area contributed by atoms with Crippen molar-refractivity contribution in [2.45, 2.75) is 33.7 Å². The summed E-state index contributed by atoms with van der Waals surface area (Å²) in [7, 11) is 0. The number of halogens is 2. The van der Waals surface area contributed by atoms with Crippen molar-refractivity contribution >= 4 is 46.2 Å². The van der Waals surface area contributed by atoms with E-state index in [0.29, 0.717) is 21.7 Å². The van der Waals surface area contributed by atoms with Crippen LogP contribution in [0.15, 0.2) is 18.2 Å². The fourth-order valence-corrected chi connectivity index (χ4v) is 2.91. The average Bonchev–Trinajstić information content (AvgIpc) is 2.75. The number of thiocarbonyl (C=S) groups is 1. The Bertz CT molecular complexity index is 712. The highest BCUT2D eigenvalue weighted by Crippen LogP contribution is 2.24. The third kappa shape index (κ3) is 4.59. The number of anilines is 1. The number of nitrogens with one attached hydrogen (secondary N) is 2. The standard InChI is InChI=1S/C16H20Cl2N4S/c1-4-7-19-16(23)20-15-10(2)21-22(11(15)3)9-12-5-6-13(17)8-14(12)18/h5-6,8H,4,7,9H2,1-3H3,(H2,19,20,23). The smallest absolute Gasteiger partial charge is 0.170 e. The summed E-state index contributed by atoms with van der Waals surface area (Å²) in [6.45, 7) is 7.49. The Morgan fingerprint density at radius 2 is 2.04 bits per heavy atom. The predicted molar refractivity (Wildman–Crippen MR) is 102 cm³/mol. The van der Waals surface area contributed by atoms with Crippen molar-refractivity contribution in [3.63, 3.8) is 0 Å². The highest BCUT2D eigenvalue weighted by Gasteiger charge is 2.14. The lowest BCUT2D eigenvalue weighted by Gasteiger charge is -2.11. The van der Waals surface area contributed by atoms with Gasteiger partial charge in [0.2, 0.25) is 0 Å². The summed E-state index contributed by atoms with van der Waals surface area (Å²) < 4.78 is 1.91. The van der Waals surface area contributed by atoms with Crippen molar-refractivity contribution in [2.75, 3.05) is 11.9 Å². The van der Waals surface area contributed by atoms with E-state index in [2.05, 4.69) is 22.7 Å². The molecule has 0 amide bonds. The summed E-state index contributed by atoms with van der Waals surface area (Å²) in [5.41, 5.74) is 3.81. The zero-order valence-electron chi connectivity index (χ0n) is 13.4. The molecule has 124 valence electrons. The highest BCUT2D eigenvalue weighted by molar-refractivity contribution is 7.80. The molecular formula is C16H20Cl2N4S. The molecule has 2 rings (SSSR count). The van der Waals surface area contributed by atoms with Crippen molar-refractivity contribution in [1.82, 2.24) is 15.1 Å². The van der Waals surface area contributed by atoms with E-state index >= 15 is 0 Å². The maximum absolute atomic E-state index is 6.25. The van der Waals surface area contributed by atoms with Crippen LogP contribution in [0.5, 0.6) is 0 Å². The van der Waals surface area contributed by atoms with Crippen LogP contribution < -0.4 is 10.6 Å². The molecule has 7 heteroatoms. The Morgan fingerprint density at radius 1 is 1.30 bits per heavy atom. The van der Waals surface area contributed by atoms with Crippen LogP contribution in [-0.4, -0.2) is 21.4 Å². The molecule has 0 aliphatic carbocycles. The van der Waals surface area contributed by atoms with E-state index in [1.165, 1.54) is 0 Å². The molecule has 0 aliphatic heterocycles. The van der Waals surface area contributed by atoms with Gasteiger partial charge in [-0.3, -0.25) is 4.68 Å². The van der Waals surface area contributed by atoms with Crippen molar-refractivity contribution in [3.8, 4) is 0 Å². The van der Waals surface area contributed by atoms with E-state index in [1.807, 2.05) is 30.7 Å². The molecule has 0 bridgehead atoms. The predicted octanol–water partition coefficient (Wildman–Crippen LogP) is 4.55. The summed E-state index contributed by atoms with van der Waals surface area (Å²) in [6.07, 6.45) is 1.02. The van der Waals surface area contributed by atoms with Gasteiger partial charge in [0.25, 0.3) is 0 Å². The lowest BCUT2D eigenvalue weighted by atomic mass is 10.2. The van der Waals surface area contributed by atoms with Gasteiger partial charge >= 0.3 is 0 Å². The van der Waals surface area contributed by atoms with Crippen LogP contribution in [0.4, 0.5) is 5.69 Å². The fraction of sp³-hybridized carbons (Fsp3) is 0.375. The Kier molecular flexibility index (Phi) is 6.27. The second kappa shape index (κ2) is 7.99. The third-order valence-corrected chi connectivity index (χ3v) is 4.32. The van der Waals surface area contributed by atoms with Crippen LogP contribution in [0, 0.1) is 13.8 Å². The Hall–Kier alpha value is -1.30. The first-order valence-corrected chi connectivity index (χ1v) is 8.61. The summed E-state index contributed by atoms with van der Waals surface area (Å²) >= 11 is 17.5. The molecule has 4 nitrogen and oxygen atoms in total. The van der Waals surface area contributed by atoms with E-state index < -0.39 is 0 Å². The van der Waals surface area contributed by atoms with Crippen LogP contribution in [0.1, 0.15) is 30.3 Å². The quantitative estimate of drug-likeness (QED) is 0.757. The molecule has 0 atom stereocenters. The number of hydrogen-bond acceptors (Lipinski definition) is 2. The normalized spacial score (nSPS) is 10.7. The lowest BCUT2D eigenvalue weighted by Crippen LogP contribution is -2.29. The van der Waals surface area contributed by atoms with Gasteiger partial charge in [-0.05, 0) is 50.2 Å². The minimum atomic E-state index is 0.583. The summed E-state index contributed by atoms with van der Waals surface area (Å²) in [4.78, 5) is 0. The molecule has 2 aromatic rings. The molecule has 1 heterocycles. The molecule has 1 aromatic carbocycles. The third-order valence-electron chi connectivity index (χ3n) is 3.49. The van der Waals surface area contributed by atoms with Crippen LogP contribution in [-0.2, 0) is 6.54 Å². The number of rotatable bonds is 5. The molecule has 0 saturated heterocycles.